The van der Waals surface area contributed by atoms with Gasteiger partial charge in [0.1, 0.15) is 5.75 Å². The molecule has 0 amide bonds. The number of nitrogens with one attached hydrogen (secondary N) is 1. The lowest BCUT2D eigenvalue weighted by molar-refractivity contribution is -0.274. The van der Waals surface area contributed by atoms with Crippen LogP contribution in [0, 0.1) is 0 Å². The minimum Gasteiger partial charge on any atom is -0.405 e. The van der Waals surface area contributed by atoms with E-state index in [9.17, 15) is 13.2 Å². The molecule has 0 aliphatic heterocycles. The molecule has 1 aromatic rings. The van der Waals surface area contributed by atoms with Crippen molar-refractivity contribution in [2.45, 2.75) is 19.7 Å². The van der Waals surface area contributed by atoms with E-state index in [1.54, 1.807) is 18.2 Å². The minimum absolute atomic E-state index is 0.176. The maximum Gasteiger partial charge on any atom is 0.573 e. The molecule has 0 spiro atoms. The molecule has 100 valence electrons. The Morgan fingerprint density at radius 3 is 2.67 bits per heavy atom. The Kier molecular flexibility index (Phi) is 5.71. The molecule has 0 bridgehead atoms. The third-order valence-corrected chi connectivity index (χ3v) is 2.18. The molecule has 0 radical (unpaired) electrons. The van der Waals surface area contributed by atoms with Gasteiger partial charge in [-0.15, -0.1) is 13.2 Å². The summed E-state index contributed by atoms with van der Waals surface area (Å²) < 4.78 is 40.4. The molecule has 0 unspecified atom stereocenters. The number of alkyl halides is 3. The summed E-state index contributed by atoms with van der Waals surface area (Å²) in [4.78, 5) is 0. The van der Waals surface area contributed by atoms with Gasteiger partial charge in [0.05, 0.1) is 0 Å². The smallest absolute Gasteiger partial charge is 0.405 e. The zero-order valence-electron chi connectivity index (χ0n) is 10.1. The van der Waals surface area contributed by atoms with E-state index in [2.05, 4.69) is 10.1 Å². The van der Waals surface area contributed by atoms with E-state index in [0.29, 0.717) is 5.56 Å². The maximum absolute atomic E-state index is 12.2. The van der Waals surface area contributed by atoms with Gasteiger partial charge in [0.15, 0.2) is 0 Å². The first-order valence-corrected chi connectivity index (χ1v) is 5.75. The molecule has 0 fully saturated rings. The highest BCUT2D eigenvalue weighted by molar-refractivity contribution is 5.57. The van der Waals surface area contributed by atoms with E-state index >= 15 is 0 Å². The second-order valence-corrected chi connectivity index (χ2v) is 3.63. The lowest BCUT2D eigenvalue weighted by Crippen LogP contribution is -2.17. The van der Waals surface area contributed by atoms with Gasteiger partial charge in [0, 0.05) is 5.56 Å². The van der Waals surface area contributed by atoms with Crippen molar-refractivity contribution >= 4 is 6.08 Å². The summed E-state index contributed by atoms with van der Waals surface area (Å²) in [6.45, 7) is 3.67. The number of benzene rings is 1. The van der Waals surface area contributed by atoms with Crippen LogP contribution in [0.2, 0.25) is 0 Å². The topological polar surface area (TPSA) is 21.3 Å². The van der Waals surface area contributed by atoms with Crippen LogP contribution < -0.4 is 10.1 Å². The third kappa shape index (κ3) is 5.72. The first-order valence-electron chi connectivity index (χ1n) is 5.75. The number of hydrogen-bond donors (Lipinski definition) is 1. The Balaban J connectivity index is 2.64. The van der Waals surface area contributed by atoms with Crippen LogP contribution in [0.4, 0.5) is 13.2 Å². The summed E-state index contributed by atoms with van der Waals surface area (Å²) in [7, 11) is 0. The van der Waals surface area contributed by atoms with Crippen LogP contribution in [0.1, 0.15) is 18.9 Å². The summed E-state index contributed by atoms with van der Waals surface area (Å²) in [6.07, 6.45) is -0.443. The highest BCUT2D eigenvalue weighted by Gasteiger charge is 2.31. The summed E-state index contributed by atoms with van der Waals surface area (Å²) >= 11 is 0. The lowest BCUT2D eigenvalue weighted by atomic mass is 10.2. The number of hydrogen-bond acceptors (Lipinski definition) is 2. The van der Waals surface area contributed by atoms with Gasteiger partial charge in [0.25, 0.3) is 0 Å². The van der Waals surface area contributed by atoms with Crippen molar-refractivity contribution < 1.29 is 17.9 Å². The number of halogens is 3. The van der Waals surface area contributed by atoms with Crippen molar-refractivity contribution in [2.24, 2.45) is 0 Å². The van der Waals surface area contributed by atoms with Crippen molar-refractivity contribution in [3.63, 3.8) is 0 Å². The molecule has 18 heavy (non-hydrogen) atoms. The molecule has 0 aromatic heterocycles. The van der Waals surface area contributed by atoms with E-state index in [-0.39, 0.29) is 5.75 Å². The standard InChI is InChI=1S/C13H16F3NO/c1-2-17-10-6-5-8-11-7-3-4-9-12(11)18-13(14,15)16/h3-5,7-9,17H,2,6,10H2,1H3. The fraction of sp³-hybridized carbons (Fsp3) is 0.385. The molecule has 2 nitrogen and oxygen atoms in total. The molecule has 1 N–H and O–H groups in total. The van der Waals surface area contributed by atoms with E-state index in [0.717, 1.165) is 19.5 Å². The fourth-order valence-electron chi connectivity index (χ4n) is 1.41. The van der Waals surface area contributed by atoms with Crippen molar-refractivity contribution in [3.05, 3.63) is 35.9 Å². The van der Waals surface area contributed by atoms with E-state index in [4.69, 9.17) is 0 Å². The second kappa shape index (κ2) is 7.06. The van der Waals surface area contributed by atoms with Crippen LogP contribution >= 0.6 is 0 Å². The highest BCUT2D eigenvalue weighted by atomic mass is 19.4. The predicted octanol–water partition coefficient (Wildman–Crippen LogP) is 3.60. The Bertz CT molecular complexity index is 388. The summed E-state index contributed by atoms with van der Waals surface area (Å²) in [5, 5.41) is 3.12. The van der Waals surface area contributed by atoms with E-state index < -0.39 is 6.36 Å². The van der Waals surface area contributed by atoms with Gasteiger partial charge in [-0.1, -0.05) is 37.3 Å². The Labute approximate surface area is 104 Å². The van der Waals surface area contributed by atoms with Crippen LogP contribution in [0.5, 0.6) is 5.75 Å². The maximum atomic E-state index is 12.2. The van der Waals surface area contributed by atoms with Gasteiger partial charge in [-0.2, -0.15) is 0 Å². The molecule has 0 aliphatic carbocycles. The molecule has 5 heteroatoms. The lowest BCUT2D eigenvalue weighted by Gasteiger charge is -2.10. The van der Waals surface area contributed by atoms with Crippen molar-refractivity contribution in [1.29, 1.82) is 0 Å². The van der Waals surface area contributed by atoms with Gasteiger partial charge in [-0.3, -0.25) is 0 Å². The zero-order chi connectivity index (χ0) is 13.4. The van der Waals surface area contributed by atoms with Crippen molar-refractivity contribution in [3.8, 4) is 5.75 Å². The predicted molar refractivity (Wildman–Crippen MR) is 65.3 cm³/mol. The van der Waals surface area contributed by atoms with Crippen molar-refractivity contribution in [1.82, 2.24) is 5.32 Å². The van der Waals surface area contributed by atoms with Crippen molar-refractivity contribution in [2.75, 3.05) is 13.1 Å². The van der Waals surface area contributed by atoms with Gasteiger partial charge in [0.2, 0.25) is 0 Å². The van der Waals surface area contributed by atoms with Crippen LogP contribution in [0.25, 0.3) is 6.08 Å². The van der Waals surface area contributed by atoms with Gasteiger partial charge in [-0.05, 0) is 25.6 Å². The monoisotopic (exact) mass is 259 g/mol. The molecule has 1 rings (SSSR count). The summed E-state index contributed by atoms with van der Waals surface area (Å²) in [5.41, 5.74) is 0.423. The molecule has 0 atom stereocenters. The third-order valence-electron chi connectivity index (χ3n) is 2.18. The Hall–Kier alpha value is -1.49. The molecule has 0 saturated heterocycles. The minimum atomic E-state index is -4.66. The number of ether oxygens (including phenoxy) is 1. The number of para-hydroxylation sites is 1. The largest absolute Gasteiger partial charge is 0.573 e. The average molecular weight is 259 g/mol. The normalized spacial score (nSPS) is 12.0. The quantitative estimate of drug-likeness (QED) is 0.788. The second-order valence-electron chi connectivity index (χ2n) is 3.63. The molecule has 1 aromatic carbocycles. The van der Waals surface area contributed by atoms with Gasteiger partial charge < -0.3 is 10.1 Å². The molecule has 0 saturated carbocycles. The molecular formula is C13H16F3NO. The SMILES string of the molecule is CCNCCC=Cc1ccccc1OC(F)(F)F. The van der Waals surface area contributed by atoms with Crippen LogP contribution in [0.3, 0.4) is 0 Å². The zero-order valence-corrected chi connectivity index (χ0v) is 10.1. The molecule has 0 heterocycles. The van der Waals surface area contributed by atoms with Gasteiger partial charge >= 0.3 is 6.36 Å². The average Bonchev–Trinajstić information content (AvgIpc) is 2.29. The van der Waals surface area contributed by atoms with E-state index in [1.807, 2.05) is 13.0 Å². The number of rotatable bonds is 6. The summed E-state index contributed by atoms with van der Waals surface area (Å²) in [5.74, 6) is -0.176. The van der Waals surface area contributed by atoms with Crippen LogP contribution in [-0.4, -0.2) is 19.5 Å². The molecule has 0 aliphatic rings. The van der Waals surface area contributed by atoms with Crippen LogP contribution in [0.15, 0.2) is 30.3 Å². The Morgan fingerprint density at radius 2 is 2.00 bits per heavy atom. The van der Waals surface area contributed by atoms with Crippen LogP contribution in [-0.2, 0) is 0 Å². The van der Waals surface area contributed by atoms with Gasteiger partial charge in [-0.25, -0.2) is 0 Å². The molecular weight excluding hydrogens is 243 g/mol. The Morgan fingerprint density at radius 1 is 1.28 bits per heavy atom. The summed E-state index contributed by atoms with van der Waals surface area (Å²) in [6, 6.07) is 6.08. The van der Waals surface area contributed by atoms with E-state index in [1.165, 1.54) is 12.1 Å². The highest BCUT2D eigenvalue weighted by Crippen LogP contribution is 2.26. The first-order chi connectivity index (χ1) is 8.53. The fourth-order valence-corrected chi connectivity index (χ4v) is 1.41. The first kappa shape index (κ1) is 14.6.